The molecule has 0 bridgehead atoms. The maximum absolute atomic E-state index is 13.1. The zero-order valence-corrected chi connectivity index (χ0v) is 15.5. The van der Waals surface area contributed by atoms with Gasteiger partial charge >= 0.3 is 12.1 Å². The van der Waals surface area contributed by atoms with E-state index in [9.17, 15) is 18.0 Å². The highest BCUT2D eigenvalue weighted by Gasteiger charge is 2.31. The maximum Gasteiger partial charge on any atom is 0.416 e. The summed E-state index contributed by atoms with van der Waals surface area (Å²) in [6, 6.07) is 12.9. The van der Waals surface area contributed by atoms with Crippen LogP contribution < -0.4 is 4.90 Å². The number of carbonyl (C=O) groups is 1. The van der Waals surface area contributed by atoms with Crippen molar-refractivity contribution in [3.05, 3.63) is 71.4 Å². The Morgan fingerprint density at radius 2 is 1.86 bits per heavy atom. The van der Waals surface area contributed by atoms with Crippen LogP contribution in [-0.2, 0) is 17.5 Å². The number of hydrogen-bond acceptors (Lipinski definition) is 4. The number of anilines is 1. The Kier molecular flexibility index (Phi) is 5.53. The van der Waals surface area contributed by atoms with Crippen molar-refractivity contribution in [2.45, 2.75) is 19.6 Å². The number of aromatic nitrogens is 1. The van der Waals surface area contributed by atoms with Crippen molar-refractivity contribution in [2.24, 2.45) is 0 Å². The van der Waals surface area contributed by atoms with Crippen LogP contribution in [0.25, 0.3) is 10.9 Å². The topological polar surface area (TPSA) is 42.4 Å². The highest BCUT2D eigenvalue weighted by molar-refractivity contribution is 6.05. The predicted octanol–water partition coefficient (Wildman–Crippen LogP) is 5.07. The van der Waals surface area contributed by atoms with Crippen LogP contribution in [0.15, 0.2) is 54.7 Å². The van der Waals surface area contributed by atoms with Gasteiger partial charge in [0, 0.05) is 25.2 Å². The van der Waals surface area contributed by atoms with E-state index in [4.69, 9.17) is 4.74 Å². The summed E-state index contributed by atoms with van der Waals surface area (Å²) in [6.45, 7) is 2.34. The van der Waals surface area contributed by atoms with Gasteiger partial charge in [0.15, 0.2) is 0 Å². The van der Waals surface area contributed by atoms with Gasteiger partial charge in [-0.15, -0.1) is 0 Å². The largest absolute Gasteiger partial charge is 0.462 e. The van der Waals surface area contributed by atoms with Gasteiger partial charge < -0.3 is 9.64 Å². The molecule has 0 radical (unpaired) electrons. The Hall–Kier alpha value is -3.09. The molecule has 0 saturated carbocycles. The molecule has 28 heavy (non-hydrogen) atoms. The van der Waals surface area contributed by atoms with E-state index in [1.807, 2.05) is 35.2 Å². The molecule has 0 saturated heterocycles. The first-order valence-electron chi connectivity index (χ1n) is 8.73. The summed E-state index contributed by atoms with van der Waals surface area (Å²) < 4.78 is 44.3. The van der Waals surface area contributed by atoms with Gasteiger partial charge in [-0.2, -0.15) is 13.2 Å². The van der Waals surface area contributed by atoms with E-state index in [1.54, 1.807) is 14.0 Å². The molecule has 0 aliphatic carbocycles. The number of nitrogens with zero attached hydrogens (tertiary/aromatic N) is 2. The van der Waals surface area contributed by atoms with Gasteiger partial charge in [-0.05, 0) is 24.6 Å². The van der Waals surface area contributed by atoms with Gasteiger partial charge in [0.1, 0.15) is 5.56 Å². The van der Waals surface area contributed by atoms with Crippen molar-refractivity contribution in [1.82, 2.24) is 4.98 Å². The lowest BCUT2D eigenvalue weighted by molar-refractivity contribution is -0.137. The summed E-state index contributed by atoms with van der Waals surface area (Å²) in [4.78, 5) is 18.3. The SMILES string of the molecule is CCOC(=O)c1cnc2cc(C(F)(F)F)ccc2c1N(C)Cc1ccccc1. The average molecular weight is 388 g/mol. The van der Waals surface area contributed by atoms with Crippen molar-refractivity contribution < 1.29 is 22.7 Å². The molecule has 0 fully saturated rings. The number of fused-ring (bicyclic) bond motifs is 1. The summed E-state index contributed by atoms with van der Waals surface area (Å²) in [5, 5.41) is 0.456. The Balaban J connectivity index is 2.14. The number of esters is 1. The van der Waals surface area contributed by atoms with Gasteiger partial charge in [0.2, 0.25) is 0 Å². The van der Waals surface area contributed by atoms with E-state index in [1.165, 1.54) is 12.3 Å². The van der Waals surface area contributed by atoms with Gasteiger partial charge in [0.05, 0.1) is 23.4 Å². The van der Waals surface area contributed by atoms with Gasteiger partial charge in [-0.3, -0.25) is 4.98 Å². The van der Waals surface area contributed by atoms with Crippen LogP contribution in [0.5, 0.6) is 0 Å². The van der Waals surface area contributed by atoms with Crippen LogP contribution in [-0.4, -0.2) is 24.6 Å². The fourth-order valence-corrected chi connectivity index (χ4v) is 3.06. The molecule has 1 heterocycles. The summed E-state index contributed by atoms with van der Waals surface area (Å²) >= 11 is 0. The fraction of sp³-hybridized carbons (Fsp3) is 0.238. The number of halogens is 3. The molecule has 146 valence electrons. The second kappa shape index (κ2) is 7.88. The van der Waals surface area contributed by atoms with Crippen LogP contribution in [0.1, 0.15) is 28.4 Å². The summed E-state index contributed by atoms with van der Waals surface area (Å²) in [6.07, 6.45) is -3.19. The second-order valence-electron chi connectivity index (χ2n) is 6.31. The number of benzene rings is 2. The molecule has 0 aliphatic heterocycles. The minimum absolute atomic E-state index is 0.165. The lowest BCUT2D eigenvalue weighted by Crippen LogP contribution is -2.21. The minimum Gasteiger partial charge on any atom is -0.462 e. The molecule has 0 aliphatic rings. The number of alkyl halides is 3. The van der Waals surface area contributed by atoms with Crippen molar-refractivity contribution in [2.75, 3.05) is 18.6 Å². The second-order valence-corrected chi connectivity index (χ2v) is 6.31. The molecule has 7 heteroatoms. The Morgan fingerprint density at radius 1 is 1.14 bits per heavy atom. The molecule has 0 amide bonds. The summed E-state index contributed by atoms with van der Waals surface area (Å²) in [5.41, 5.74) is 1.08. The molecule has 3 aromatic rings. The van der Waals surface area contributed by atoms with Crippen molar-refractivity contribution >= 4 is 22.6 Å². The van der Waals surface area contributed by atoms with E-state index in [2.05, 4.69) is 4.98 Å². The van der Waals surface area contributed by atoms with Crippen LogP contribution >= 0.6 is 0 Å². The first kappa shape index (κ1) is 19.7. The lowest BCUT2D eigenvalue weighted by atomic mass is 10.0. The van der Waals surface area contributed by atoms with Crippen LogP contribution in [0, 0.1) is 0 Å². The van der Waals surface area contributed by atoms with E-state index < -0.39 is 17.7 Å². The molecule has 0 spiro atoms. The van der Waals surface area contributed by atoms with Gasteiger partial charge in [0.25, 0.3) is 0 Å². The summed E-state index contributed by atoms with van der Waals surface area (Å²) in [5.74, 6) is -0.563. The molecule has 4 nitrogen and oxygen atoms in total. The molecular formula is C21H19F3N2O2. The Morgan fingerprint density at radius 3 is 2.50 bits per heavy atom. The smallest absolute Gasteiger partial charge is 0.416 e. The summed E-state index contributed by atoms with van der Waals surface area (Å²) in [7, 11) is 1.78. The monoisotopic (exact) mass is 388 g/mol. The van der Waals surface area contributed by atoms with E-state index >= 15 is 0 Å². The van der Waals surface area contributed by atoms with Crippen molar-refractivity contribution in [3.8, 4) is 0 Å². The third-order valence-corrected chi connectivity index (χ3v) is 4.31. The Labute approximate surface area is 160 Å². The number of pyridine rings is 1. The number of ether oxygens (including phenoxy) is 1. The third-order valence-electron chi connectivity index (χ3n) is 4.31. The molecule has 1 aromatic heterocycles. The van der Waals surface area contributed by atoms with Crippen LogP contribution in [0.4, 0.5) is 18.9 Å². The molecule has 0 unspecified atom stereocenters. The van der Waals surface area contributed by atoms with Crippen LogP contribution in [0.3, 0.4) is 0 Å². The molecule has 0 N–H and O–H groups in total. The van der Waals surface area contributed by atoms with Crippen molar-refractivity contribution in [3.63, 3.8) is 0 Å². The van der Waals surface area contributed by atoms with Crippen LogP contribution in [0.2, 0.25) is 0 Å². The fourth-order valence-electron chi connectivity index (χ4n) is 3.06. The quantitative estimate of drug-likeness (QED) is 0.573. The number of carbonyl (C=O) groups excluding carboxylic acids is 1. The van der Waals surface area contributed by atoms with Crippen molar-refractivity contribution in [1.29, 1.82) is 0 Å². The molecule has 2 aromatic carbocycles. The molecule has 3 rings (SSSR count). The standard InChI is InChI=1S/C21H19F3N2O2/c1-3-28-20(27)17-12-25-18-11-15(21(22,23)24)9-10-16(18)19(17)26(2)13-14-7-5-4-6-8-14/h4-12H,3,13H2,1-2H3. The highest BCUT2D eigenvalue weighted by Crippen LogP contribution is 2.35. The highest BCUT2D eigenvalue weighted by atomic mass is 19.4. The van der Waals surface area contributed by atoms with E-state index in [0.29, 0.717) is 17.6 Å². The third kappa shape index (κ3) is 4.08. The first-order valence-corrected chi connectivity index (χ1v) is 8.73. The van der Waals surface area contributed by atoms with Gasteiger partial charge in [-0.25, -0.2) is 4.79 Å². The zero-order valence-electron chi connectivity index (χ0n) is 15.5. The maximum atomic E-state index is 13.1. The first-order chi connectivity index (χ1) is 13.3. The molecule has 0 atom stereocenters. The van der Waals surface area contributed by atoms with E-state index in [0.717, 1.165) is 17.7 Å². The zero-order chi connectivity index (χ0) is 20.3. The van der Waals surface area contributed by atoms with E-state index in [-0.39, 0.29) is 17.7 Å². The normalized spacial score (nSPS) is 11.5. The number of hydrogen-bond donors (Lipinski definition) is 0. The predicted molar refractivity (Wildman–Crippen MR) is 101 cm³/mol. The molecular weight excluding hydrogens is 369 g/mol. The Bertz CT molecular complexity index is 988. The lowest BCUT2D eigenvalue weighted by Gasteiger charge is -2.24. The average Bonchev–Trinajstić information content (AvgIpc) is 2.66. The number of rotatable bonds is 5. The van der Waals surface area contributed by atoms with Gasteiger partial charge in [-0.1, -0.05) is 36.4 Å². The minimum atomic E-state index is -4.47.